The number of nitrogens with one attached hydrogen (secondary N) is 2. The average molecular weight is 272 g/mol. The number of aromatic nitrogens is 1. The first-order valence-electron chi connectivity index (χ1n) is 6.02. The van der Waals surface area contributed by atoms with Crippen LogP contribution in [0.1, 0.15) is 15.9 Å². The zero-order valence-corrected chi connectivity index (χ0v) is 11.3. The van der Waals surface area contributed by atoms with Gasteiger partial charge in [-0.2, -0.15) is 0 Å². The maximum absolute atomic E-state index is 12.2. The fraction of sp³-hybridized carbons (Fsp3) is 0.143. The molecule has 6 nitrogen and oxygen atoms in total. The second kappa shape index (κ2) is 6.03. The van der Waals surface area contributed by atoms with Crippen LogP contribution in [-0.2, 0) is 0 Å². The van der Waals surface area contributed by atoms with Gasteiger partial charge in [0.2, 0.25) is 0 Å². The van der Waals surface area contributed by atoms with Gasteiger partial charge in [0.15, 0.2) is 0 Å². The molecule has 1 aromatic heterocycles. The lowest BCUT2D eigenvalue weighted by molar-refractivity contribution is 0.102. The van der Waals surface area contributed by atoms with Gasteiger partial charge in [0.25, 0.3) is 5.91 Å². The Labute approximate surface area is 116 Å². The van der Waals surface area contributed by atoms with Crippen molar-refractivity contribution in [3.05, 3.63) is 47.7 Å². The van der Waals surface area contributed by atoms with Gasteiger partial charge in [-0.3, -0.25) is 4.79 Å². The quantitative estimate of drug-likeness (QED) is 0.584. The summed E-state index contributed by atoms with van der Waals surface area (Å²) in [5.41, 5.74) is 4.51. The predicted molar refractivity (Wildman–Crippen MR) is 77.7 cm³/mol. The first-order chi connectivity index (χ1) is 9.63. The van der Waals surface area contributed by atoms with E-state index >= 15 is 0 Å². The van der Waals surface area contributed by atoms with Crippen molar-refractivity contribution in [1.82, 2.24) is 4.98 Å². The van der Waals surface area contributed by atoms with Crippen LogP contribution in [0.3, 0.4) is 0 Å². The van der Waals surface area contributed by atoms with E-state index in [1.165, 1.54) is 6.20 Å². The highest BCUT2D eigenvalue weighted by atomic mass is 16.5. The summed E-state index contributed by atoms with van der Waals surface area (Å²) in [6.07, 6.45) is 1.51. The third-order valence-electron chi connectivity index (χ3n) is 2.77. The minimum Gasteiger partial charge on any atom is -0.495 e. The predicted octanol–water partition coefficient (Wildman–Crippen LogP) is 1.94. The van der Waals surface area contributed by atoms with E-state index in [9.17, 15) is 4.79 Å². The molecule has 6 heteroatoms. The smallest absolute Gasteiger partial charge is 0.255 e. The fourth-order valence-electron chi connectivity index (χ4n) is 1.76. The fourth-order valence-corrected chi connectivity index (χ4v) is 1.76. The molecule has 0 aliphatic heterocycles. The highest BCUT2D eigenvalue weighted by Gasteiger charge is 2.10. The van der Waals surface area contributed by atoms with Gasteiger partial charge < -0.3 is 15.5 Å². The lowest BCUT2D eigenvalue weighted by Gasteiger charge is -2.11. The molecule has 0 saturated heterocycles. The number of nitrogen functional groups attached to an aromatic ring is 1. The molecule has 4 N–H and O–H groups in total. The number of carbonyl (C=O) groups is 1. The monoisotopic (exact) mass is 272 g/mol. The number of ether oxygens (including phenoxy) is 1. The molecule has 2 rings (SSSR count). The molecule has 1 heterocycles. The van der Waals surface area contributed by atoms with Gasteiger partial charge in [-0.15, -0.1) is 0 Å². The lowest BCUT2D eigenvalue weighted by atomic mass is 10.2. The van der Waals surface area contributed by atoms with Crippen molar-refractivity contribution < 1.29 is 9.53 Å². The summed E-state index contributed by atoms with van der Waals surface area (Å²) in [4.78, 5) is 16.2. The standard InChI is InChI=1S/C14H16N4O2/c1-9-3-4-12(20-2)11(7-9)17-14(19)10-5-6-16-13(8-10)18-15/h3-8H,15H2,1-2H3,(H,16,18)(H,17,19). The highest BCUT2D eigenvalue weighted by Crippen LogP contribution is 2.25. The minimum atomic E-state index is -0.257. The van der Waals surface area contributed by atoms with Crippen molar-refractivity contribution in [2.45, 2.75) is 6.92 Å². The Morgan fingerprint density at radius 1 is 1.30 bits per heavy atom. The van der Waals surface area contributed by atoms with Gasteiger partial charge >= 0.3 is 0 Å². The normalized spacial score (nSPS) is 9.95. The Kier molecular flexibility index (Phi) is 4.17. The largest absolute Gasteiger partial charge is 0.495 e. The molecule has 0 saturated carbocycles. The number of hydrazine groups is 1. The van der Waals surface area contributed by atoms with Gasteiger partial charge in [-0.25, -0.2) is 10.8 Å². The molecular weight excluding hydrogens is 256 g/mol. The number of amides is 1. The maximum atomic E-state index is 12.2. The molecule has 0 bridgehead atoms. The third-order valence-corrected chi connectivity index (χ3v) is 2.77. The molecule has 0 unspecified atom stereocenters. The summed E-state index contributed by atoms with van der Waals surface area (Å²) < 4.78 is 5.22. The van der Waals surface area contributed by atoms with Gasteiger partial charge in [0.1, 0.15) is 11.6 Å². The third kappa shape index (κ3) is 3.04. The summed E-state index contributed by atoms with van der Waals surface area (Å²) in [6, 6.07) is 8.75. The van der Waals surface area contributed by atoms with E-state index in [2.05, 4.69) is 15.7 Å². The molecule has 1 amide bonds. The van der Waals surface area contributed by atoms with Crippen LogP contribution in [0.2, 0.25) is 0 Å². The van der Waals surface area contributed by atoms with E-state index in [-0.39, 0.29) is 5.91 Å². The van der Waals surface area contributed by atoms with E-state index in [1.54, 1.807) is 19.2 Å². The van der Waals surface area contributed by atoms with Crippen LogP contribution in [0.25, 0.3) is 0 Å². The second-order valence-electron chi connectivity index (χ2n) is 4.23. The SMILES string of the molecule is COc1ccc(C)cc1NC(=O)c1ccnc(NN)c1. The van der Waals surface area contributed by atoms with Crippen molar-refractivity contribution in [3.63, 3.8) is 0 Å². The molecule has 104 valence electrons. The molecule has 0 aliphatic carbocycles. The molecule has 0 atom stereocenters. The van der Waals surface area contributed by atoms with Gasteiger partial charge in [0.05, 0.1) is 12.8 Å². The van der Waals surface area contributed by atoms with Crippen molar-refractivity contribution in [3.8, 4) is 5.75 Å². The molecule has 0 spiro atoms. The van der Waals surface area contributed by atoms with E-state index < -0.39 is 0 Å². The van der Waals surface area contributed by atoms with Crippen LogP contribution >= 0.6 is 0 Å². The Morgan fingerprint density at radius 2 is 2.10 bits per heavy atom. The molecule has 0 fully saturated rings. The molecule has 20 heavy (non-hydrogen) atoms. The van der Waals surface area contributed by atoms with Crippen LogP contribution < -0.4 is 21.3 Å². The lowest BCUT2D eigenvalue weighted by Crippen LogP contribution is -2.14. The van der Waals surface area contributed by atoms with Crippen molar-refractivity contribution in [1.29, 1.82) is 0 Å². The van der Waals surface area contributed by atoms with Crippen LogP contribution in [0.15, 0.2) is 36.5 Å². The highest BCUT2D eigenvalue weighted by molar-refractivity contribution is 6.05. The number of anilines is 2. The summed E-state index contributed by atoms with van der Waals surface area (Å²) >= 11 is 0. The molecular formula is C14H16N4O2. The second-order valence-corrected chi connectivity index (χ2v) is 4.23. The maximum Gasteiger partial charge on any atom is 0.255 e. The number of nitrogens with two attached hydrogens (primary N) is 1. The number of aryl methyl sites for hydroxylation is 1. The van der Waals surface area contributed by atoms with Crippen molar-refractivity contribution in [2.24, 2.45) is 5.84 Å². The first-order valence-corrected chi connectivity index (χ1v) is 6.02. The number of carbonyl (C=O) groups excluding carboxylic acids is 1. The van der Waals surface area contributed by atoms with Crippen LogP contribution in [0, 0.1) is 6.92 Å². The summed E-state index contributed by atoms with van der Waals surface area (Å²) in [7, 11) is 1.56. The number of rotatable bonds is 4. The van der Waals surface area contributed by atoms with E-state index in [4.69, 9.17) is 10.6 Å². The van der Waals surface area contributed by atoms with E-state index in [0.29, 0.717) is 22.8 Å². The van der Waals surface area contributed by atoms with Crippen LogP contribution in [0.4, 0.5) is 11.5 Å². The minimum absolute atomic E-state index is 0.257. The average Bonchev–Trinajstić information content (AvgIpc) is 2.47. The van der Waals surface area contributed by atoms with Crippen molar-refractivity contribution in [2.75, 3.05) is 17.9 Å². The van der Waals surface area contributed by atoms with E-state index in [1.807, 2.05) is 25.1 Å². The van der Waals surface area contributed by atoms with Gasteiger partial charge in [0, 0.05) is 11.8 Å². The Balaban J connectivity index is 2.25. The number of benzene rings is 1. The number of hydrogen-bond donors (Lipinski definition) is 3. The topological polar surface area (TPSA) is 89.3 Å². The number of pyridine rings is 1. The van der Waals surface area contributed by atoms with Crippen LogP contribution in [-0.4, -0.2) is 18.0 Å². The molecule has 0 aliphatic rings. The molecule has 2 aromatic rings. The zero-order valence-electron chi connectivity index (χ0n) is 11.3. The molecule has 0 radical (unpaired) electrons. The Morgan fingerprint density at radius 3 is 2.80 bits per heavy atom. The van der Waals surface area contributed by atoms with Gasteiger partial charge in [-0.1, -0.05) is 6.07 Å². The molecule has 1 aromatic carbocycles. The van der Waals surface area contributed by atoms with E-state index in [0.717, 1.165) is 5.56 Å². The van der Waals surface area contributed by atoms with Gasteiger partial charge in [-0.05, 0) is 36.8 Å². The first kappa shape index (κ1) is 13.8. The Bertz CT molecular complexity index is 628. The van der Waals surface area contributed by atoms with Crippen LogP contribution in [0.5, 0.6) is 5.75 Å². The summed E-state index contributed by atoms with van der Waals surface area (Å²) in [5.74, 6) is 6.05. The number of nitrogens with zero attached hydrogens (tertiary/aromatic N) is 1. The zero-order chi connectivity index (χ0) is 14.5. The number of hydrogen-bond acceptors (Lipinski definition) is 5. The summed E-state index contributed by atoms with van der Waals surface area (Å²) in [5, 5.41) is 2.81. The number of methoxy groups -OCH3 is 1. The van der Waals surface area contributed by atoms with Crippen molar-refractivity contribution >= 4 is 17.4 Å². The Hall–Kier alpha value is -2.60. The summed E-state index contributed by atoms with van der Waals surface area (Å²) in [6.45, 7) is 1.94.